The monoisotopic (exact) mass is 336 g/mol. The van der Waals surface area contributed by atoms with Crippen molar-refractivity contribution in [3.8, 4) is 0 Å². The molecule has 0 radical (unpaired) electrons. The third-order valence-electron chi connectivity index (χ3n) is 2.94. The van der Waals surface area contributed by atoms with Gasteiger partial charge in [0.05, 0.1) is 51.3 Å². The van der Waals surface area contributed by atoms with Crippen molar-refractivity contribution in [2.24, 2.45) is 0 Å². The van der Waals surface area contributed by atoms with Crippen LogP contribution in [0.3, 0.4) is 0 Å². The third-order valence-corrected chi connectivity index (χ3v) is 3.39. The van der Waals surface area contributed by atoms with E-state index in [-0.39, 0.29) is 5.56 Å². The number of halogens is 1. The predicted octanol–water partition coefficient (Wildman–Crippen LogP) is 2.76. The first-order chi connectivity index (χ1) is 10.6. The van der Waals surface area contributed by atoms with Crippen LogP contribution in [-0.2, 0) is 23.7 Å². The van der Waals surface area contributed by atoms with Gasteiger partial charge in [-0.15, -0.1) is 6.58 Å². The molecular weight excluding hydrogens is 308 g/mol. The highest BCUT2D eigenvalue weighted by Crippen LogP contribution is 2.23. The van der Waals surface area contributed by atoms with Gasteiger partial charge in [-0.2, -0.15) is 0 Å². The quantitative estimate of drug-likeness (QED) is 0.334. The Hall–Kier alpha value is -0.170. The molecule has 4 heterocycles. The fourth-order valence-electron chi connectivity index (χ4n) is 1.01. The molecule has 130 valence electrons. The Bertz CT molecular complexity index is 284. The molecule has 4 fully saturated rings. The summed E-state index contributed by atoms with van der Waals surface area (Å²) >= 11 is 5.31. The van der Waals surface area contributed by atoms with Crippen LogP contribution in [0, 0.1) is 0 Å². The van der Waals surface area contributed by atoms with Gasteiger partial charge in [0.1, 0.15) is 6.10 Å². The van der Waals surface area contributed by atoms with Gasteiger partial charge in [0.2, 0.25) is 0 Å². The maximum absolute atomic E-state index is 5.31. The van der Waals surface area contributed by atoms with E-state index in [2.05, 4.69) is 25.2 Å². The van der Waals surface area contributed by atoms with Crippen LogP contribution in [0.15, 0.2) is 12.7 Å². The van der Waals surface area contributed by atoms with Crippen molar-refractivity contribution >= 4 is 11.6 Å². The zero-order valence-electron chi connectivity index (χ0n) is 13.8. The predicted molar refractivity (Wildman–Crippen MR) is 86.4 cm³/mol. The lowest BCUT2D eigenvalue weighted by Gasteiger charge is -1.92. The lowest BCUT2D eigenvalue weighted by Crippen LogP contribution is -2.00. The molecule has 0 N–H and O–H groups in total. The average molecular weight is 337 g/mol. The number of hydrogen-bond donors (Lipinski definition) is 0. The summed E-state index contributed by atoms with van der Waals surface area (Å²) in [6.45, 7) is 13.9. The van der Waals surface area contributed by atoms with E-state index in [9.17, 15) is 0 Å². The molecule has 0 saturated carbocycles. The molecule has 5 atom stereocenters. The summed E-state index contributed by atoms with van der Waals surface area (Å²) in [4.78, 5) is 0. The van der Waals surface area contributed by atoms with Gasteiger partial charge in [0.15, 0.2) is 5.56 Å². The van der Waals surface area contributed by atoms with Crippen molar-refractivity contribution in [2.45, 2.75) is 57.2 Å². The van der Waals surface area contributed by atoms with Crippen LogP contribution in [0.1, 0.15) is 27.2 Å². The molecule has 0 spiro atoms. The molecule has 4 saturated heterocycles. The standard InChI is InChI=1S/C6H10O2.C4H8O.C3H5ClO.C3H6O/c1-2-3-7-4-6-5-8-6;1-2-4-3-5-4;1-2-3(4)5-2;1-3-2-4-3/h2,6H,1,3-5H2;4H,2-3H2,1H3;2-3H,1H3;3H,2H2,1H3. The molecular formula is C16H29ClO5. The Morgan fingerprint density at radius 3 is 1.77 bits per heavy atom. The van der Waals surface area contributed by atoms with Gasteiger partial charge in [0.25, 0.3) is 0 Å². The minimum Gasteiger partial charge on any atom is -0.375 e. The normalized spacial score (nSPS) is 35.4. The average Bonchev–Trinajstić information content (AvgIpc) is 3.34. The van der Waals surface area contributed by atoms with Gasteiger partial charge in [-0.05, 0) is 20.3 Å². The molecule has 22 heavy (non-hydrogen) atoms. The molecule has 5 nitrogen and oxygen atoms in total. The molecule has 5 unspecified atom stereocenters. The van der Waals surface area contributed by atoms with Gasteiger partial charge in [0, 0.05) is 0 Å². The summed E-state index contributed by atoms with van der Waals surface area (Å²) in [5.41, 5.74) is 0.0231. The molecule has 0 amide bonds. The molecule has 0 aromatic heterocycles. The second-order valence-corrected chi connectivity index (χ2v) is 5.91. The van der Waals surface area contributed by atoms with E-state index in [4.69, 9.17) is 30.5 Å². The Balaban J connectivity index is 0.000000152. The van der Waals surface area contributed by atoms with Crippen molar-refractivity contribution in [1.82, 2.24) is 0 Å². The van der Waals surface area contributed by atoms with Crippen molar-refractivity contribution < 1.29 is 23.7 Å². The van der Waals surface area contributed by atoms with E-state index in [1.165, 1.54) is 6.42 Å². The Kier molecular flexibility index (Phi) is 10.3. The molecule has 6 heteroatoms. The lowest BCUT2D eigenvalue weighted by molar-refractivity contribution is 0.141. The van der Waals surface area contributed by atoms with Crippen LogP contribution in [0.5, 0.6) is 0 Å². The third kappa shape index (κ3) is 14.8. The molecule has 0 aromatic rings. The van der Waals surface area contributed by atoms with Crippen molar-refractivity contribution in [3.05, 3.63) is 12.7 Å². The first-order valence-corrected chi connectivity index (χ1v) is 8.33. The Morgan fingerprint density at radius 2 is 1.59 bits per heavy atom. The van der Waals surface area contributed by atoms with E-state index in [0.29, 0.717) is 31.0 Å². The first kappa shape index (κ1) is 19.9. The van der Waals surface area contributed by atoms with E-state index in [1.54, 1.807) is 6.08 Å². The van der Waals surface area contributed by atoms with Crippen molar-refractivity contribution in [3.63, 3.8) is 0 Å². The molecule has 0 bridgehead atoms. The summed E-state index contributed by atoms with van der Waals surface area (Å²) < 4.78 is 24.2. The zero-order valence-corrected chi connectivity index (χ0v) is 14.6. The highest BCUT2D eigenvalue weighted by molar-refractivity contribution is 6.21. The van der Waals surface area contributed by atoms with Gasteiger partial charge in [-0.1, -0.05) is 24.6 Å². The van der Waals surface area contributed by atoms with E-state index < -0.39 is 0 Å². The van der Waals surface area contributed by atoms with Crippen LogP contribution < -0.4 is 0 Å². The maximum Gasteiger partial charge on any atom is 0.157 e. The summed E-state index contributed by atoms with van der Waals surface area (Å²) in [6, 6.07) is 0. The van der Waals surface area contributed by atoms with Crippen LogP contribution >= 0.6 is 11.6 Å². The zero-order chi connectivity index (χ0) is 16.4. The number of epoxide rings is 4. The second kappa shape index (κ2) is 11.4. The van der Waals surface area contributed by atoms with Gasteiger partial charge < -0.3 is 23.7 Å². The largest absolute Gasteiger partial charge is 0.375 e. The summed E-state index contributed by atoms with van der Waals surface area (Å²) in [5, 5.41) is 0. The van der Waals surface area contributed by atoms with Gasteiger partial charge in [-0.3, -0.25) is 0 Å². The molecule has 4 aliphatic rings. The number of ether oxygens (including phenoxy) is 5. The minimum absolute atomic E-state index is 0.0231. The lowest BCUT2D eigenvalue weighted by atomic mass is 10.4. The topological polar surface area (TPSA) is 59.4 Å². The van der Waals surface area contributed by atoms with Crippen LogP contribution in [0.25, 0.3) is 0 Å². The van der Waals surface area contributed by atoms with Crippen LogP contribution in [-0.4, -0.2) is 63.0 Å². The summed E-state index contributed by atoms with van der Waals surface area (Å²) in [7, 11) is 0. The van der Waals surface area contributed by atoms with Crippen LogP contribution in [0.4, 0.5) is 0 Å². The van der Waals surface area contributed by atoms with Gasteiger partial charge in [-0.25, -0.2) is 0 Å². The summed E-state index contributed by atoms with van der Waals surface area (Å²) in [6.07, 6.45) is 4.85. The Morgan fingerprint density at radius 1 is 1.14 bits per heavy atom. The van der Waals surface area contributed by atoms with Crippen LogP contribution in [0.2, 0.25) is 0 Å². The van der Waals surface area contributed by atoms with E-state index >= 15 is 0 Å². The van der Waals surface area contributed by atoms with E-state index in [1.807, 2.05) is 6.92 Å². The number of hydrogen-bond acceptors (Lipinski definition) is 5. The molecule has 4 aliphatic heterocycles. The van der Waals surface area contributed by atoms with E-state index in [0.717, 1.165) is 26.4 Å². The fourth-order valence-corrected chi connectivity index (χ4v) is 1.17. The van der Waals surface area contributed by atoms with Gasteiger partial charge >= 0.3 is 0 Å². The van der Waals surface area contributed by atoms with Crippen molar-refractivity contribution in [2.75, 3.05) is 33.0 Å². The highest BCUT2D eigenvalue weighted by Gasteiger charge is 2.30. The molecule has 0 aromatic carbocycles. The Labute approximate surface area is 138 Å². The highest BCUT2D eigenvalue weighted by atomic mass is 35.5. The minimum atomic E-state index is 0.0231. The second-order valence-electron chi connectivity index (χ2n) is 5.48. The number of alkyl halides is 1. The maximum atomic E-state index is 5.31. The SMILES string of the molecule is C=CCOCC1CO1.CC1CO1.CC1OC1Cl.CCC1CO1. The molecule has 4 rings (SSSR count). The van der Waals surface area contributed by atoms with Crippen molar-refractivity contribution in [1.29, 1.82) is 0 Å². The number of rotatable bonds is 5. The smallest absolute Gasteiger partial charge is 0.157 e. The summed E-state index contributed by atoms with van der Waals surface area (Å²) in [5.74, 6) is 0. The first-order valence-electron chi connectivity index (χ1n) is 7.89. The molecule has 0 aliphatic carbocycles. The fraction of sp³-hybridized carbons (Fsp3) is 0.875.